The van der Waals surface area contributed by atoms with Crippen LogP contribution < -0.4 is 0 Å². The Balaban J connectivity index is 2.00. The average Bonchev–Trinajstić information content (AvgIpc) is 3.14. The van der Waals surface area contributed by atoms with Gasteiger partial charge in [0.05, 0.1) is 12.5 Å². The maximum absolute atomic E-state index is 11.3. The second-order valence-electron chi connectivity index (χ2n) is 5.26. The topological polar surface area (TPSA) is 49.8 Å². The van der Waals surface area contributed by atoms with Crippen molar-refractivity contribution < 1.29 is 14.6 Å². The monoisotopic (exact) mass is 241 g/mol. The number of carboxylic acids is 1. The average molecular weight is 241 g/mol. The molecule has 0 radical (unpaired) electrons. The van der Waals surface area contributed by atoms with Gasteiger partial charge in [-0.2, -0.15) is 0 Å². The summed E-state index contributed by atoms with van der Waals surface area (Å²) in [7, 11) is 1.71. The molecule has 4 nitrogen and oxygen atoms in total. The van der Waals surface area contributed by atoms with Crippen LogP contribution in [0.3, 0.4) is 0 Å². The predicted molar refractivity (Wildman–Crippen MR) is 65.0 cm³/mol. The highest BCUT2D eigenvalue weighted by atomic mass is 16.5. The molecular weight excluding hydrogens is 218 g/mol. The van der Waals surface area contributed by atoms with Gasteiger partial charge in [0.1, 0.15) is 0 Å². The van der Waals surface area contributed by atoms with Gasteiger partial charge in [-0.25, -0.2) is 0 Å². The summed E-state index contributed by atoms with van der Waals surface area (Å²) in [4.78, 5) is 13.7. The third-order valence-electron chi connectivity index (χ3n) is 4.04. The van der Waals surface area contributed by atoms with Gasteiger partial charge in [-0.3, -0.25) is 9.69 Å². The minimum Gasteiger partial charge on any atom is -0.481 e. The summed E-state index contributed by atoms with van der Waals surface area (Å²) < 4.78 is 5.15. The number of ether oxygens (including phenoxy) is 1. The molecule has 1 N–H and O–H groups in total. The minimum absolute atomic E-state index is 0.166. The fourth-order valence-electron chi connectivity index (χ4n) is 3.02. The van der Waals surface area contributed by atoms with Crippen LogP contribution in [0, 0.1) is 5.92 Å². The van der Waals surface area contributed by atoms with E-state index in [2.05, 4.69) is 4.90 Å². The molecule has 2 aliphatic carbocycles. The van der Waals surface area contributed by atoms with Crippen molar-refractivity contribution in [1.29, 1.82) is 0 Å². The van der Waals surface area contributed by atoms with Gasteiger partial charge in [-0.1, -0.05) is 12.8 Å². The number of carboxylic acid groups (broad SMARTS) is 1. The Morgan fingerprint density at radius 2 is 2.00 bits per heavy atom. The van der Waals surface area contributed by atoms with Gasteiger partial charge >= 0.3 is 5.97 Å². The molecule has 0 amide bonds. The van der Waals surface area contributed by atoms with E-state index in [1.54, 1.807) is 7.11 Å². The van der Waals surface area contributed by atoms with Gasteiger partial charge in [0.25, 0.3) is 0 Å². The number of hydrogen-bond acceptors (Lipinski definition) is 3. The SMILES string of the molecule is COCCN(C1CC1)C1CCCCC1C(=O)O. The Hall–Kier alpha value is -0.610. The third-order valence-corrected chi connectivity index (χ3v) is 4.04. The first kappa shape index (κ1) is 12.8. The Kier molecular flexibility index (Phi) is 4.40. The van der Waals surface area contributed by atoms with E-state index in [-0.39, 0.29) is 12.0 Å². The fraction of sp³-hybridized carbons (Fsp3) is 0.923. The van der Waals surface area contributed by atoms with Gasteiger partial charge < -0.3 is 9.84 Å². The molecule has 98 valence electrons. The maximum atomic E-state index is 11.3. The zero-order valence-electron chi connectivity index (χ0n) is 10.6. The molecule has 0 saturated heterocycles. The highest BCUT2D eigenvalue weighted by Gasteiger charge is 2.40. The number of methoxy groups -OCH3 is 1. The lowest BCUT2D eigenvalue weighted by Crippen LogP contribution is -2.47. The molecule has 2 atom stereocenters. The van der Waals surface area contributed by atoms with Crippen molar-refractivity contribution in [2.45, 2.75) is 50.6 Å². The molecular formula is C13H23NO3. The highest BCUT2D eigenvalue weighted by Crippen LogP contribution is 2.36. The zero-order chi connectivity index (χ0) is 12.3. The summed E-state index contributed by atoms with van der Waals surface area (Å²) in [5.41, 5.74) is 0. The molecule has 0 heterocycles. The van der Waals surface area contributed by atoms with Crippen LogP contribution >= 0.6 is 0 Å². The first-order chi connectivity index (χ1) is 8.24. The van der Waals surface area contributed by atoms with E-state index in [1.807, 2.05) is 0 Å². The number of carbonyl (C=O) groups is 1. The lowest BCUT2D eigenvalue weighted by Gasteiger charge is -2.38. The van der Waals surface area contributed by atoms with Gasteiger partial charge in [0, 0.05) is 25.7 Å². The maximum Gasteiger partial charge on any atom is 0.308 e. The Morgan fingerprint density at radius 3 is 2.59 bits per heavy atom. The number of hydrogen-bond donors (Lipinski definition) is 1. The third kappa shape index (κ3) is 3.19. The van der Waals surface area contributed by atoms with Crippen LogP contribution in [0.5, 0.6) is 0 Å². The van der Waals surface area contributed by atoms with Crippen LogP contribution in [-0.2, 0) is 9.53 Å². The number of nitrogens with zero attached hydrogens (tertiary/aromatic N) is 1. The summed E-state index contributed by atoms with van der Waals surface area (Å²) in [6.45, 7) is 1.59. The minimum atomic E-state index is -0.613. The van der Waals surface area contributed by atoms with Gasteiger partial charge in [0.2, 0.25) is 0 Å². The molecule has 2 fully saturated rings. The second-order valence-corrected chi connectivity index (χ2v) is 5.26. The molecule has 2 rings (SSSR count). The molecule has 2 saturated carbocycles. The molecule has 4 heteroatoms. The van der Waals surface area contributed by atoms with Crippen LogP contribution in [0.4, 0.5) is 0 Å². The first-order valence-electron chi connectivity index (χ1n) is 6.71. The van der Waals surface area contributed by atoms with Crippen LogP contribution in [0.1, 0.15) is 38.5 Å². The van der Waals surface area contributed by atoms with Gasteiger partial charge in [-0.05, 0) is 25.7 Å². The molecule has 0 aromatic rings. The van der Waals surface area contributed by atoms with E-state index in [1.165, 1.54) is 19.3 Å². The molecule has 0 spiro atoms. The van der Waals surface area contributed by atoms with E-state index in [0.29, 0.717) is 12.6 Å². The smallest absolute Gasteiger partial charge is 0.308 e. The zero-order valence-corrected chi connectivity index (χ0v) is 10.6. The molecule has 0 bridgehead atoms. The van der Waals surface area contributed by atoms with E-state index in [4.69, 9.17) is 4.74 Å². The van der Waals surface area contributed by atoms with E-state index in [0.717, 1.165) is 25.8 Å². The van der Waals surface area contributed by atoms with Gasteiger partial charge in [0.15, 0.2) is 0 Å². The fourth-order valence-corrected chi connectivity index (χ4v) is 3.02. The summed E-state index contributed by atoms with van der Waals surface area (Å²) in [5, 5.41) is 9.33. The number of aliphatic carboxylic acids is 1. The normalized spacial score (nSPS) is 29.5. The summed E-state index contributed by atoms with van der Waals surface area (Å²) in [6.07, 6.45) is 6.58. The highest BCUT2D eigenvalue weighted by molar-refractivity contribution is 5.71. The van der Waals surface area contributed by atoms with Crippen molar-refractivity contribution in [3.8, 4) is 0 Å². The lowest BCUT2D eigenvalue weighted by molar-refractivity contribution is -0.146. The van der Waals surface area contributed by atoms with Gasteiger partial charge in [-0.15, -0.1) is 0 Å². The summed E-state index contributed by atoms with van der Waals surface area (Å²) >= 11 is 0. The molecule has 0 aromatic heterocycles. The van der Waals surface area contributed by atoms with Crippen LogP contribution in [0.2, 0.25) is 0 Å². The van der Waals surface area contributed by atoms with Crippen molar-refractivity contribution in [2.24, 2.45) is 5.92 Å². The van der Waals surface area contributed by atoms with E-state index >= 15 is 0 Å². The van der Waals surface area contributed by atoms with Crippen molar-refractivity contribution in [3.05, 3.63) is 0 Å². The molecule has 17 heavy (non-hydrogen) atoms. The van der Waals surface area contributed by atoms with E-state index in [9.17, 15) is 9.90 Å². The van der Waals surface area contributed by atoms with Crippen molar-refractivity contribution in [1.82, 2.24) is 4.90 Å². The summed E-state index contributed by atoms with van der Waals surface area (Å²) in [6, 6.07) is 0.860. The Bertz CT molecular complexity index is 265. The Labute approximate surface area is 103 Å². The second kappa shape index (κ2) is 5.83. The predicted octanol–water partition coefficient (Wildman–Crippen LogP) is 1.74. The Morgan fingerprint density at radius 1 is 1.29 bits per heavy atom. The van der Waals surface area contributed by atoms with Crippen LogP contribution in [0.25, 0.3) is 0 Å². The molecule has 2 aliphatic rings. The molecule has 2 unspecified atom stereocenters. The van der Waals surface area contributed by atoms with Crippen molar-refractivity contribution in [2.75, 3.05) is 20.3 Å². The van der Waals surface area contributed by atoms with Crippen LogP contribution in [-0.4, -0.2) is 48.3 Å². The standard InChI is InChI=1S/C13H23NO3/c1-17-9-8-14(10-6-7-10)12-5-3-2-4-11(12)13(15)16/h10-12H,2-9H2,1H3,(H,15,16). The van der Waals surface area contributed by atoms with Crippen LogP contribution in [0.15, 0.2) is 0 Å². The van der Waals surface area contributed by atoms with E-state index < -0.39 is 5.97 Å². The quantitative estimate of drug-likeness (QED) is 0.769. The lowest BCUT2D eigenvalue weighted by atomic mass is 9.83. The first-order valence-corrected chi connectivity index (χ1v) is 6.71. The number of rotatable bonds is 6. The van der Waals surface area contributed by atoms with Crippen molar-refractivity contribution >= 4 is 5.97 Å². The molecule has 0 aliphatic heterocycles. The largest absolute Gasteiger partial charge is 0.481 e. The van der Waals surface area contributed by atoms with Crippen molar-refractivity contribution in [3.63, 3.8) is 0 Å². The summed E-state index contributed by atoms with van der Waals surface area (Å²) in [5.74, 6) is -0.779. The molecule has 0 aromatic carbocycles.